The van der Waals surface area contributed by atoms with Gasteiger partial charge in [0.1, 0.15) is 10.8 Å². The maximum absolute atomic E-state index is 11.6. The van der Waals surface area contributed by atoms with Gasteiger partial charge in [-0.15, -0.1) is 0 Å². The SMILES string of the molecule is O=C(O)CCCCCNC(=O)c1cccc(Cl)n1. The number of rotatable bonds is 7. The normalized spacial score (nSPS) is 10.1. The smallest absolute Gasteiger partial charge is 0.303 e. The lowest BCUT2D eigenvalue weighted by molar-refractivity contribution is -0.137. The molecule has 0 bridgehead atoms. The molecule has 0 aliphatic carbocycles. The number of carbonyl (C=O) groups excluding carboxylic acids is 1. The summed E-state index contributed by atoms with van der Waals surface area (Å²) in [4.78, 5) is 25.8. The molecule has 1 heterocycles. The summed E-state index contributed by atoms with van der Waals surface area (Å²) in [6.45, 7) is 0.507. The molecule has 0 atom stereocenters. The number of hydrogen-bond acceptors (Lipinski definition) is 3. The Labute approximate surface area is 110 Å². The van der Waals surface area contributed by atoms with Crippen molar-refractivity contribution < 1.29 is 14.7 Å². The number of aliphatic carboxylic acids is 1. The summed E-state index contributed by atoms with van der Waals surface area (Å²) in [5.74, 6) is -1.06. The molecule has 0 aliphatic rings. The standard InChI is InChI=1S/C12H15ClN2O3/c13-10-6-4-5-9(15-10)12(18)14-8-3-1-2-7-11(16)17/h4-6H,1-3,7-8H2,(H,14,18)(H,16,17). The van der Waals surface area contributed by atoms with Crippen LogP contribution >= 0.6 is 11.6 Å². The lowest BCUT2D eigenvalue weighted by Gasteiger charge is -2.04. The molecule has 1 aromatic heterocycles. The molecule has 5 nitrogen and oxygen atoms in total. The minimum atomic E-state index is -0.790. The maximum Gasteiger partial charge on any atom is 0.303 e. The summed E-state index contributed by atoms with van der Waals surface area (Å²) in [7, 11) is 0. The molecule has 1 amide bonds. The third-order valence-corrected chi connectivity index (χ3v) is 2.51. The zero-order valence-electron chi connectivity index (χ0n) is 9.86. The van der Waals surface area contributed by atoms with E-state index in [0.717, 1.165) is 12.8 Å². The Hall–Kier alpha value is -1.62. The molecule has 0 unspecified atom stereocenters. The van der Waals surface area contributed by atoms with Crippen molar-refractivity contribution in [3.8, 4) is 0 Å². The molecule has 0 radical (unpaired) electrons. The third kappa shape index (κ3) is 5.63. The van der Waals surface area contributed by atoms with Crippen molar-refractivity contribution in [3.63, 3.8) is 0 Å². The van der Waals surface area contributed by atoms with E-state index < -0.39 is 5.97 Å². The molecular formula is C12H15ClN2O3. The van der Waals surface area contributed by atoms with Gasteiger partial charge in [0.15, 0.2) is 0 Å². The maximum atomic E-state index is 11.6. The molecule has 0 aliphatic heterocycles. The van der Waals surface area contributed by atoms with Gasteiger partial charge in [-0.05, 0) is 25.0 Å². The summed E-state index contributed by atoms with van der Waals surface area (Å²) in [6.07, 6.45) is 2.32. The fraction of sp³-hybridized carbons (Fsp3) is 0.417. The Morgan fingerprint density at radius 2 is 2.06 bits per heavy atom. The van der Waals surface area contributed by atoms with Crippen LogP contribution in [0.15, 0.2) is 18.2 Å². The number of nitrogens with one attached hydrogen (secondary N) is 1. The van der Waals surface area contributed by atoms with Gasteiger partial charge in [-0.25, -0.2) is 4.98 Å². The van der Waals surface area contributed by atoms with E-state index >= 15 is 0 Å². The van der Waals surface area contributed by atoms with Crippen molar-refractivity contribution in [2.24, 2.45) is 0 Å². The summed E-state index contributed by atoms with van der Waals surface area (Å²) in [5, 5.41) is 11.4. The summed E-state index contributed by atoms with van der Waals surface area (Å²) >= 11 is 5.67. The summed E-state index contributed by atoms with van der Waals surface area (Å²) in [5.41, 5.74) is 0.285. The van der Waals surface area contributed by atoms with Crippen molar-refractivity contribution >= 4 is 23.5 Å². The molecule has 0 aromatic carbocycles. The van der Waals surface area contributed by atoms with E-state index in [1.807, 2.05) is 0 Å². The predicted octanol–water partition coefficient (Wildman–Crippen LogP) is 2.11. The third-order valence-electron chi connectivity index (χ3n) is 2.30. The van der Waals surface area contributed by atoms with Crippen LogP contribution in [0.2, 0.25) is 5.15 Å². The number of hydrogen-bond donors (Lipinski definition) is 2. The molecule has 1 rings (SSSR count). The minimum Gasteiger partial charge on any atom is -0.481 e. The van der Waals surface area contributed by atoms with Crippen LogP contribution in [-0.4, -0.2) is 28.5 Å². The topological polar surface area (TPSA) is 79.3 Å². The first kappa shape index (κ1) is 14.4. The van der Waals surface area contributed by atoms with E-state index in [1.165, 1.54) is 0 Å². The van der Waals surface area contributed by atoms with Crippen LogP contribution in [0.5, 0.6) is 0 Å². The van der Waals surface area contributed by atoms with Gasteiger partial charge in [0.05, 0.1) is 0 Å². The van der Waals surface area contributed by atoms with Crippen molar-refractivity contribution in [3.05, 3.63) is 29.0 Å². The molecule has 0 saturated heterocycles. The number of carbonyl (C=O) groups is 2. The number of carboxylic acid groups (broad SMARTS) is 1. The zero-order chi connectivity index (χ0) is 13.4. The quantitative estimate of drug-likeness (QED) is 0.587. The van der Waals surface area contributed by atoms with Gasteiger partial charge in [0, 0.05) is 13.0 Å². The van der Waals surface area contributed by atoms with Gasteiger partial charge < -0.3 is 10.4 Å². The van der Waals surface area contributed by atoms with Gasteiger partial charge >= 0.3 is 5.97 Å². The van der Waals surface area contributed by atoms with Crippen LogP contribution in [-0.2, 0) is 4.79 Å². The van der Waals surface area contributed by atoms with Crippen molar-refractivity contribution in [1.82, 2.24) is 10.3 Å². The number of aromatic nitrogens is 1. The second kappa shape index (κ2) is 7.66. The lowest BCUT2D eigenvalue weighted by Crippen LogP contribution is -2.25. The molecule has 2 N–H and O–H groups in total. The molecule has 1 aromatic rings. The molecule has 98 valence electrons. The van der Waals surface area contributed by atoms with Gasteiger partial charge in [-0.3, -0.25) is 9.59 Å². The minimum absolute atomic E-state index is 0.170. The average molecular weight is 271 g/mol. The van der Waals surface area contributed by atoms with E-state index in [9.17, 15) is 9.59 Å². The number of pyridine rings is 1. The van der Waals surface area contributed by atoms with Crippen molar-refractivity contribution in [2.45, 2.75) is 25.7 Å². The Morgan fingerprint density at radius 3 is 2.72 bits per heavy atom. The number of amides is 1. The first-order chi connectivity index (χ1) is 8.59. The molecule has 18 heavy (non-hydrogen) atoms. The van der Waals surface area contributed by atoms with Gasteiger partial charge in [0.25, 0.3) is 5.91 Å². The predicted molar refractivity (Wildman–Crippen MR) is 67.7 cm³/mol. The van der Waals surface area contributed by atoms with Gasteiger partial charge in [-0.2, -0.15) is 0 Å². The number of halogens is 1. The lowest BCUT2D eigenvalue weighted by atomic mass is 10.2. The molecule has 0 fully saturated rings. The monoisotopic (exact) mass is 270 g/mol. The largest absolute Gasteiger partial charge is 0.481 e. The molecule has 6 heteroatoms. The van der Waals surface area contributed by atoms with Crippen LogP contribution < -0.4 is 5.32 Å². The Balaban J connectivity index is 2.20. The first-order valence-corrected chi connectivity index (χ1v) is 6.10. The highest BCUT2D eigenvalue weighted by Gasteiger charge is 2.06. The Kier molecular flexibility index (Phi) is 6.14. The second-order valence-electron chi connectivity index (χ2n) is 3.81. The Morgan fingerprint density at radius 1 is 1.28 bits per heavy atom. The van der Waals surface area contributed by atoms with E-state index in [2.05, 4.69) is 10.3 Å². The van der Waals surface area contributed by atoms with Crippen LogP contribution in [0, 0.1) is 0 Å². The van der Waals surface area contributed by atoms with E-state index in [0.29, 0.717) is 13.0 Å². The van der Waals surface area contributed by atoms with Gasteiger partial charge in [0.2, 0.25) is 0 Å². The molecule has 0 saturated carbocycles. The van der Waals surface area contributed by atoms with Crippen molar-refractivity contribution in [1.29, 1.82) is 0 Å². The zero-order valence-corrected chi connectivity index (χ0v) is 10.6. The average Bonchev–Trinajstić information content (AvgIpc) is 2.33. The van der Waals surface area contributed by atoms with Crippen LogP contribution in [0.4, 0.5) is 0 Å². The van der Waals surface area contributed by atoms with E-state index in [1.54, 1.807) is 18.2 Å². The number of nitrogens with zero attached hydrogens (tertiary/aromatic N) is 1. The summed E-state index contributed by atoms with van der Waals surface area (Å²) in [6, 6.07) is 4.85. The summed E-state index contributed by atoms with van der Waals surface area (Å²) < 4.78 is 0. The molecule has 0 spiro atoms. The highest BCUT2D eigenvalue weighted by molar-refractivity contribution is 6.29. The van der Waals surface area contributed by atoms with E-state index in [4.69, 9.17) is 16.7 Å². The first-order valence-electron chi connectivity index (χ1n) is 5.72. The van der Waals surface area contributed by atoms with Crippen LogP contribution in [0.25, 0.3) is 0 Å². The van der Waals surface area contributed by atoms with E-state index in [-0.39, 0.29) is 23.2 Å². The van der Waals surface area contributed by atoms with Crippen LogP contribution in [0.1, 0.15) is 36.2 Å². The Bertz CT molecular complexity index is 424. The number of carboxylic acids is 1. The highest BCUT2D eigenvalue weighted by Crippen LogP contribution is 2.05. The molecular weight excluding hydrogens is 256 g/mol. The fourth-order valence-corrected chi connectivity index (χ4v) is 1.57. The van der Waals surface area contributed by atoms with Crippen molar-refractivity contribution in [2.75, 3.05) is 6.54 Å². The van der Waals surface area contributed by atoms with Gasteiger partial charge in [-0.1, -0.05) is 24.1 Å². The fourth-order valence-electron chi connectivity index (χ4n) is 1.41. The number of unbranched alkanes of at least 4 members (excludes halogenated alkanes) is 2. The van der Waals surface area contributed by atoms with Crippen LogP contribution in [0.3, 0.4) is 0 Å². The highest BCUT2D eigenvalue weighted by atomic mass is 35.5. The second-order valence-corrected chi connectivity index (χ2v) is 4.19.